The second-order valence-corrected chi connectivity index (χ2v) is 4.04. The summed E-state index contributed by atoms with van der Waals surface area (Å²) < 4.78 is 0. The normalized spacial score (nSPS) is 9.30. The molecule has 6 nitrogen and oxygen atoms in total. The number of aryl methyl sites for hydroxylation is 1. The number of benzene rings is 1. The summed E-state index contributed by atoms with van der Waals surface area (Å²) in [7, 11) is 0. The van der Waals surface area contributed by atoms with E-state index < -0.39 is 6.03 Å². The topological polar surface area (TPSA) is 104 Å². The highest BCUT2D eigenvalue weighted by Gasteiger charge is 2.06. The van der Waals surface area contributed by atoms with Gasteiger partial charge in [-0.2, -0.15) is 0 Å². The molecule has 0 radical (unpaired) electrons. The van der Waals surface area contributed by atoms with Crippen LogP contribution < -0.4 is 16.4 Å². The Morgan fingerprint density at radius 3 is 2.60 bits per heavy atom. The Balaban J connectivity index is 2.61. The number of nitrogens with one attached hydrogen (secondary N) is 2. The molecule has 106 valence electrons. The van der Waals surface area contributed by atoms with Crippen molar-refractivity contribution in [2.24, 2.45) is 5.73 Å². The molecule has 0 aliphatic rings. The van der Waals surface area contributed by atoms with E-state index in [1.807, 2.05) is 6.92 Å². The van der Waals surface area contributed by atoms with Gasteiger partial charge < -0.3 is 21.5 Å². The van der Waals surface area contributed by atoms with Crippen molar-refractivity contribution in [2.75, 3.05) is 19.7 Å². The molecule has 1 rings (SSSR count). The average Bonchev–Trinajstić information content (AvgIpc) is 2.41. The molecule has 0 aliphatic carbocycles. The lowest BCUT2D eigenvalue weighted by molar-refractivity contribution is 0.0954. The van der Waals surface area contributed by atoms with E-state index in [4.69, 9.17) is 10.8 Å². The number of carbonyl (C=O) groups excluding carboxylic acids is 2. The standard InChI is InChI=1S/C14H17N3O3/c1-10-9-12(5-4-11(10)3-2-8-18)13(19)16-6-7-17-14(15)20/h4-5,9,18H,6-8H2,1H3,(H,16,19)(H3,15,17,20). The summed E-state index contributed by atoms with van der Waals surface area (Å²) in [4.78, 5) is 22.3. The van der Waals surface area contributed by atoms with E-state index in [1.54, 1.807) is 18.2 Å². The predicted octanol–water partition coefficient (Wildman–Crippen LogP) is -0.263. The summed E-state index contributed by atoms with van der Waals surface area (Å²) in [6, 6.07) is 4.49. The predicted molar refractivity (Wildman–Crippen MR) is 75.1 cm³/mol. The highest BCUT2D eigenvalue weighted by molar-refractivity contribution is 5.94. The summed E-state index contributed by atoms with van der Waals surface area (Å²) in [5.41, 5.74) is 7.04. The van der Waals surface area contributed by atoms with Crippen molar-refractivity contribution in [2.45, 2.75) is 6.92 Å². The van der Waals surface area contributed by atoms with Crippen molar-refractivity contribution >= 4 is 11.9 Å². The van der Waals surface area contributed by atoms with E-state index in [0.29, 0.717) is 12.1 Å². The zero-order valence-corrected chi connectivity index (χ0v) is 11.2. The van der Waals surface area contributed by atoms with Crippen molar-refractivity contribution in [3.63, 3.8) is 0 Å². The van der Waals surface area contributed by atoms with Crippen LogP contribution in [-0.4, -0.2) is 36.7 Å². The van der Waals surface area contributed by atoms with Gasteiger partial charge in [0.15, 0.2) is 0 Å². The van der Waals surface area contributed by atoms with Crippen LogP contribution in [0.3, 0.4) is 0 Å². The smallest absolute Gasteiger partial charge is 0.312 e. The fraction of sp³-hybridized carbons (Fsp3) is 0.286. The van der Waals surface area contributed by atoms with Gasteiger partial charge in [0, 0.05) is 24.2 Å². The van der Waals surface area contributed by atoms with Gasteiger partial charge in [0.1, 0.15) is 6.61 Å². The van der Waals surface area contributed by atoms with Crippen LogP contribution in [0.15, 0.2) is 18.2 Å². The Bertz CT molecular complexity index is 559. The maximum atomic E-state index is 11.8. The van der Waals surface area contributed by atoms with Crippen molar-refractivity contribution in [3.8, 4) is 11.8 Å². The first-order chi connectivity index (χ1) is 9.54. The van der Waals surface area contributed by atoms with E-state index in [2.05, 4.69) is 22.5 Å². The molecule has 0 atom stereocenters. The maximum absolute atomic E-state index is 11.8. The number of urea groups is 1. The van der Waals surface area contributed by atoms with Gasteiger partial charge in [-0.25, -0.2) is 4.79 Å². The molecule has 0 aliphatic heterocycles. The number of amides is 3. The molecule has 0 saturated heterocycles. The molecular weight excluding hydrogens is 258 g/mol. The number of nitrogens with two attached hydrogens (primary N) is 1. The van der Waals surface area contributed by atoms with Gasteiger partial charge in [-0.05, 0) is 30.7 Å². The molecular formula is C14H17N3O3. The number of aliphatic hydroxyl groups excluding tert-OH is 1. The second kappa shape index (κ2) is 7.81. The van der Waals surface area contributed by atoms with Crippen LogP contribution in [0, 0.1) is 18.8 Å². The Morgan fingerprint density at radius 2 is 2.00 bits per heavy atom. The van der Waals surface area contributed by atoms with Gasteiger partial charge in [0.05, 0.1) is 0 Å². The summed E-state index contributed by atoms with van der Waals surface area (Å²) >= 11 is 0. The quantitative estimate of drug-likeness (QED) is 0.449. The lowest BCUT2D eigenvalue weighted by atomic mass is 10.0. The van der Waals surface area contributed by atoms with Gasteiger partial charge in [-0.3, -0.25) is 4.79 Å². The zero-order valence-electron chi connectivity index (χ0n) is 11.2. The van der Waals surface area contributed by atoms with E-state index in [9.17, 15) is 9.59 Å². The summed E-state index contributed by atoms with van der Waals surface area (Å²) in [5, 5.41) is 13.7. The van der Waals surface area contributed by atoms with E-state index in [0.717, 1.165) is 11.1 Å². The van der Waals surface area contributed by atoms with Gasteiger partial charge in [-0.1, -0.05) is 11.8 Å². The van der Waals surface area contributed by atoms with Crippen LogP contribution >= 0.6 is 0 Å². The minimum Gasteiger partial charge on any atom is -0.384 e. The van der Waals surface area contributed by atoms with Crippen LogP contribution in [0.1, 0.15) is 21.5 Å². The minimum absolute atomic E-state index is 0.200. The molecule has 6 heteroatoms. The molecule has 3 amide bonds. The third-order valence-electron chi connectivity index (χ3n) is 2.50. The molecule has 0 heterocycles. The van der Waals surface area contributed by atoms with Crippen molar-refractivity contribution in [1.29, 1.82) is 0 Å². The number of rotatable bonds is 4. The fourth-order valence-corrected chi connectivity index (χ4v) is 1.54. The van der Waals surface area contributed by atoms with E-state index in [-0.39, 0.29) is 19.1 Å². The second-order valence-electron chi connectivity index (χ2n) is 4.04. The van der Waals surface area contributed by atoms with Crippen LogP contribution in [0.2, 0.25) is 0 Å². The molecule has 0 fully saturated rings. The van der Waals surface area contributed by atoms with Gasteiger partial charge in [0.25, 0.3) is 5.91 Å². The van der Waals surface area contributed by atoms with E-state index >= 15 is 0 Å². The first kappa shape index (κ1) is 15.5. The van der Waals surface area contributed by atoms with Crippen molar-refractivity contribution < 1.29 is 14.7 Å². The minimum atomic E-state index is -0.623. The fourth-order valence-electron chi connectivity index (χ4n) is 1.54. The molecule has 0 spiro atoms. The molecule has 20 heavy (non-hydrogen) atoms. The molecule has 1 aromatic carbocycles. The van der Waals surface area contributed by atoms with Crippen LogP contribution in [-0.2, 0) is 0 Å². The van der Waals surface area contributed by atoms with Crippen molar-refractivity contribution in [3.05, 3.63) is 34.9 Å². The van der Waals surface area contributed by atoms with Gasteiger partial charge >= 0.3 is 6.03 Å². The third kappa shape index (κ3) is 5.00. The first-order valence-electron chi connectivity index (χ1n) is 6.06. The van der Waals surface area contributed by atoms with Gasteiger partial charge in [0.2, 0.25) is 0 Å². The molecule has 1 aromatic rings. The van der Waals surface area contributed by atoms with E-state index in [1.165, 1.54) is 0 Å². The molecule has 0 aromatic heterocycles. The Hall–Kier alpha value is -2.52. The largest absolute Gasteiger partial charge is 0.384 e. The highest BCUT2D eigenvalue weighted by atomic mass is 16.2. The van der Waals surface area contributed by atoms with Crippen LogP contribution in [0.4, 0.5) is 4.79 Å². The highest BCUT2D eigenvalue weighted by Crippen LogP contribution is 2.10. The maximum Gasteiger partial charge on any atom is 0.312 e. The lowest BCUT2D eigenvalue weighted by Crippen LogP contribution is -2.37. The lowest BCUT2D eigenvalue weighted by Gasteiger charge is -2.07. The molecule has 0 saturated carbocycles. The SMILES string of the molecule is Cc1cc(C(=O)NCCNC(N)=O)ccc1C#CCO. The Kier molecular flexibility index (Phi) is 6.07. The molecule has 5 N–H and O–H groups in total. The monoisotopic (exact) mass is 275 g/mol. The first-order valence-corrected chi connectivity index (χ1v) is 6.06. The van der Waals surface area contributed by atoms with Crippen LogP contribution in [0.25, 0.3) is 0 Å². The number of hydrogen-bond acceptors (Lipinski definition) is 3. The summed E-state index contributed by atoms with van der Waals surface area (Å²) in [5.74, 6) is 5.12. The zero-order chi connectivity index (χ0) is 15.0. The number of carbonyl (C=O) groups is 2. The van der Waals surface area contributed by atoms with Crippen molar-refractivity contribution in [1.82, 2.24) is 10.6 Å². The van der Waals surface area contributed by atoms with Crippen LogP contribution in [0.5, 0.6) is 0 Å². The number of aliphatic hydroxyl groups is 1. The third-order valence-corrected chi connectivity index (χ3v) is 2.50. The van der Waals surface area contributed by atoms with Gasteiger partial charge in [-0.15, -0.1) is 0 Å². The number of hydrogen-bond donors (Lipinski definition) is 4. The molecule has 0 bridgehead atoms. The molecule has 0 unspecified atom stereocenters. The average molecular weight is 275 g/mol. The summed E-state index contributed by atoms with van der Waals surface area (Å²) in [6.07, 6.45) is 0. The summed E-state index contributed by atoms with van der Waals surface area (Å²) in [6.45, 7) is 2.22. The number of primary amides is 1. The Labute approximate surface area is 117 Å². The Morgan fingerprint density at radius 1 is 1.30 bits per heavy atom.